The number of H-pyrrole nitrogens is 1. The third-order valence-electron chi connectivity index (χ3n) is 5.36. The Labute approximate surface area is 190 Å². The summed E-state index contributed by atoms with van der Waals surface area (Å²) < 4.78 is 43.7. The number of rotatable bonds is 8. The number of hydrogen-bond donors (Lipinski definition) is 3. The number of benzene rings is 2. The van der Waals surface area contributed by atoms with E-state index in [-0.39, 0.29) is 12.0 Å². The average molecular weight is 478 g/mol. The highest BCUT2D eigenvalue weighted by Crippen LogP contribution is 2.32. The number of aromatic nitrogens is 3. The van der Waals surface area contributed by atoms with E-state index < -0.39 is 17.5 Å². The van der Waals surface area contributed by atoms with E-state index in [1.54, 1.807) is 12.1 Å². The van der Waals surface area contributed by atoms with Crippen molar-refractivity contribution in [3.8, 4) is 10.6 Å². The molecule has 33 heavy (non-hydrogen) atoms. The molecule has 0 aliphatic carbocycles. The molecule has 0 radical (unpaired) electrons. The first kappa shape index (κ1) is 23.0. The quantitative estimate of drug-likeness (QED) is 0.330. The van der Waals surface area contributed by atoms with E-state index in [2.05, 4.69) is 20.5 Å². The summed E-state index contributed by atoms with van der Waals surface area (Å²) in [6, 6.07) is 10.1. The maximum atomic E-state index is 12.9. The molecule has 7 nitrogen and oxygen atoms in total. The van der Waals surface area contributed by atoms with Crippen molar-refractivity contribution in [2.24, 2.45) is 5.73 Å². The minimum absolute atomic E-state index is 0.101. The summed E-state index contributed by atoms with van der Waals surface area (Å²) in [6.07, 6.45) is -2.77. The van der Waals surface area contributed by atoms with Crippen molar-refractivity contribution in [2.45, 2.75) is 37.9 Å². The second kappa shape index (κ2) is 9.36. The van der Waals surface area contributed by atoms with E-state index in [1.807, 2.05) is 13.0 Å². The number of aromatic amines is 1. The first-order chi connectivity index (χ1) is 15.7. The number of nitrogens with one attached hydrogen (secondary N) is 2. The lowest BCUT2D eigenvalue weighted by atomic mass is 9.87. The minimum Gasteiger partial charge on any atom is -0.408 e. The van der Waals surface area contributed by atoms with Crippen LogP contribution < -0.4 is 16.8 Å². The maximum absolute atomic E-state index is 12.9. The molecule has 2 aromatic carbocycles. The molecule has 0 saturated carbocycles. The zero-order valence-corrected chi connectivity index (χ0v) is 18.5. The number of halogens is 3. The fraction of sp³-hybridized carbons (Fsp3) is 0.318. The fourth-order valence-electron chi connectivity index (χ4n) is 3.70. The van der Waals surface area contributed by atoms with Crippen molar-refractivity contribution >= 4 is 27.6 Å². The number of nitrogens with two attached hydrogens (primary N) is 1. The average Bonchev–Trinajstić information content (AvgIpc) is 3.40. The van der Waals surface area contributed by atoms with Crippen LogP contribution in [0.4, 0.5) is 18.3 Å². The number of fused-ring (bicyclic) bond motifs is 1. The number of hydrogen-bond acceptors (Lipinski definition) is 7. The zero-order chi connectivity index (χ0) is 23.6. The predicted octanol–water partition coefficient (Wildman–Crippen LogP) is 4.98. The number of alkyl halides is 3. The summed E-state index contributed by atoms with van der Waals surface area (Å²) in [5, 5.41) is 12.7. The van der Waals surface area contributed by atoms with Gasteiger partial charge in [-0.1, -0.05) is 36.8 Å². The molecule has 2 atom stereocenters. The SMILES string of the molecule is CCCC(c1ccc(C(F)(F)F)cc1)C(N)CNc1nnc(-c2ccc3[nH]c(=O)oc3c2)s1. The van der Waals surface area contributed by atoms with Crippen LogP contribution >= 0.6 is 11.3 Å². The largest absolute Gasteiger partial charge is 0.417 e. The maximum Gasteiger partial charge on any atom is 0.417 e. The van der Waals surface area contributed by atoms with Gasteiger partial charge >= 0.3 is 11.9 Å². The van der Waals surface area contributed by atoms with Gasteiger partial charge in [0.2, 0.25) is 5.13 Å². The van der Waals surface area contributed by atoms with Crippen molar-refractivity contribution < 1.29 is 17.6 Å². The second-order valence-corrected chi connectivity index (χ2v) is 8.68. The van der Waals surface area contributed by atoms with Crippen LogP contribution in [0.3, 0.4) is 0 Å². The van der Waals surface area contributed by atoms with E-state index in [1.165, 1.54) is 23.5 Å². The molecule has 0 amide bonds. The molecule has 4 aromatic rings. The molecular formula is C22H22F3N5O2S. The van der Waals surface area contributed by atoms with E-state index >= 15 is 0 Å². The van der Waals surface area contributed by atoms with Crippen molar-refractivity contribution in [3.63, 3.8) is 0 Å². The highest BCUT2D eigenvalue weighted by atomic mass is 32.1. The van der Waals surface area contributed by atoms with Crippen molar-refractivity contribution in [1.29, 1.82) is 0 Å². The van der Waals surface area contributed by atoms with Gasteiger partial charge in [0.05, 0.1) is 11.1 Å². The molecule has 2 unspecified atom stereocenters. The van der Waals surface area contributed by atoms with Gasteiger partial charge < -0.3 is 15.5 Å². The van der Waals surface area contributed by atoms with Crippen LogP contribution in [0.2, 0.25) is 0 Å². The van der Waals surface area contributed by atoms with Gasteiger partial charge in [0, 0.05) is 24.1 Å². The standard InChI is InChI=1S/C22H22F3N5O2S/c1-2-3-15(12-4-7-14(8-5-12)22(23,24)25)16(26)11-27-20-30-29-19(33-20)13-6-9-17-18(10-13)32-21(31)28-17/h4-10,15-16H,2-3,11,26H2,1H3,(H,27,30)(H,28,31). The lowest BCUT2D eigenvalue weighted by Crippen LogP contribution is -2.35. The van der Waals surface area contributed by atoms with Gasteiger partial charge in [-0.15, -0.1) is 10.2 Å². The van der Waals surface area contributed by atoms with E-state index in [0.717, 1.165) is 36.1 Å². The van der Waals surface area contributed by atoms with E-state index in [0.29, 0.717) is 27.8 Å². The molecule has 4 rings (SSSR count). The molecule has 4 N–H and O–H groups in total. The Morgan fingerprint density at radius 3 is 2.64 bits per heavy atom. The van der Waals surface area contributed by atoms with Gasteiger partial charge in [-0.05, 0) is 42.3 Å². The summed E-state index contributed by atoms with van der Waals surface area (Å²) >= 11 is 1.33. The van der Waals surface area contributed by atoms with Crippen LogP contribution in [0.1, 0.15) is 36.8 Å². The van der Waals surface area contributed by atoms with Crippen molar-refractivity contribution in [3.05, 3.63) is 64.1 Å². The van der Waals surface area contributed by atoms with Crippen LogP contribution in [0, 0.1) is 0 Å². The Hall–Kier alpha value is -3.18. The van der Waals surface area contributed by atoms with Gasteiger partial charge in [-0.2, -0.15) is 13.2 Å². The Morgan fingerprint density at radius 1 is 1.18 bits per heavy atom. The molecule has 0 fully saturated rings. The molecule has 11 heteroatoms. The lowest BCUT2D eigenvalue weighted by molar-refractivity contribution is -0.137. The molecule has 2 aromatic heterocycles. The van der Waals surface area contributed by atoms with Crippen LogP contribution in [0.5, 0.6) is 0 Å². The Bertz CT molecular complexity index is 1280. The monoisotopic (exact) mass is 477 g/mol. The number of oxazole rings is 1. The summed E-state index contributed by atoms with van der Waals surface area (Å²) in [5.74, 6) is -0.624. The molecule has 0 spiro atoms. The third-order valence-corrected chi connectivity index (χ3v) is 6.29. The van der Waals surface area contributed by atoms with Gasteiger partial charge in [-0.25, -0.2) is 4.79 Å². The highest BCUT2D eigenvalue weighted by Gasteiger charge is 2.30. The van der Waals surface area contributed by atoms with E-state index in [4.69, 9.17) is 10.2 Å². The van der Waals surface area contributed by atoms with Crippen LogP contribution in [-0.4, -0.2) is 27.8 Å². The molecule has 0 saturated heterocycles. The smallest absolute Gasteiger partial charge is 0.408 e. The third kappa shape index (κ3) is 5.25. The van der Waals surface area contributed by atoms with Gasteiger partial charge in [0.15, 0.2) is 5.58 Å². The Kier molecular flexibility index (Phi) is 6.52. The van der Waals surface area contributed by atoms with Gasteiger partial charge in [0.1, 0.15) is 5.01 Å². The number of anilines is 1. The van der Waals surface area contributed by atoms with Crippen LogP contribution in [0.15, 0.2) is 51.7 Å². The Morgan fingerprint density at radius 2 is 1.94 bits per heavy atom. The highest BCUT2D eigenvalue weighted by molar-refractivity contribution is 7.18. The first-order valence-corrected chi connectivity index (χ1v) is 11.2. The molecule has 0 aliphatic heterocycles. The summed E-state index contributed by atoms with van der Waals surface area (Å²) in [5.41, 5.74) is 8.31. The predicted molar refractivity (Wildman–Crippen MR) is 121 cm³/mol. The fourth-order valence-corrected chi connectivity index (χ4v) is 4.44. The minimum atomic E-state index is -4.37. The first-order valence-electron chi connectivity index (χ1n) is 10.4. The zero-order valence-electron chi connectivity index (χ0n) is 17.6. The molecule has 2 heterocycles. The number of nitrogens with zero attached hydrogens (tertiary/aromatic N) is 2. The summed E-state index contributed by atoms with van der Waals surface area (Å²) in [7, 11) is 0. The normalized spacial score (nSPS) is 13.8. The van der Waals surface area contributed by atoms with Crippen molar-refractivity contribution in [2.75, 3.05) is 11.9 Å². The summed E-state index contributed by atoms with van der Waals surface area (Å²) in [4.78, 5) is 13.9. The molecule has 174 valence electrons. The van der Waals surface area contributed by atoms with Gasteiger partial charge in [-0.3, -0.25) is 4.98 Å². The van der Waals surface area contributed by atoms with Crippen LogP contribution in [-0.2, 0) is 6.18 Å². The molecule has 0 aliphatic rings. The topological polar surface area (TPSA) is 110 Å². The van der Waals surface area contributed by atoms with E-state index in [9.17, 15) is 18.0 Å². The Balaban J connectivity index is 1.43. The van der Waals surface area contributed by atoms with Crippen LogP contribution in [0.25, 0.3) is 21.7 Å². The summed E-state index contributed by atoms with van der Waals surface area (Å²) in [6.45, 7) is 2.39. The van der Waals surface area contributed by atoms with Gasteiger partial charge in [0.25, 0.3) is 0 Å². The second-order valence-electron chi connectivity index (χ2n) is 7.70. The van der Waals surface area contributed by atoms with Crippen molar-refractivity contribution in [1.82, 2.24) is 15.2 Å². The molecule has 0 bridgehead atoms. The lowest BCUT2D eigenvalue weighted by Gasteiger charge is -2.24. The molecular weight excluding hydrogens is 455 g/mol.